The molecule has 0 aliphatic carbocycles. The fraction of sp³-hybridized carbons (Fsp3) is 0.400. The van der Waals surface area contributed by atoms with Gasteiger partial charge in [-0.2, -0.15) is 0 Å². The summed E-state index contributed by atoms with van der Waals surface area (Å²) in [7, 11) is 0. The first-order valence-corrected chi connectivity index (χ1v) is 8.77. The van der Waals surface area contributed by atoms with Crippen molar-refractivity contribution < 1.29 is 14.7 Å². The van der Waals surface area contributed by atoms with Crippen LogP contribution >= 0.6 is 12.4 Å². The topological polar surface area (TPSA) is 69.6 Å². The van der Waals surface area contributed by atoms with Gasteiger partial charge in [0, 0.05) is 0 Å². The second kappa shape index (κ2) is 9.01. The summed E-state index contributed by atoms with van der Waals surface area (Å²) in [5.74, 6) is -1.02. The Bertz CT molecular complexity index is 767. The normalized spacial score (nSPS) is 16.7. The molecular weight excluding hydrogens is 352 g/mol. The SMILES string of the molecule is CC(NC(=O)CN1CCC(C(=O)O)CC1)c1cccc2ccccc12.Cl. The fourth-order valence-electron chi connectivity index (χ4n) is 3.53. The number of carbonyl (C=O) groups is 2. The van der Waals surface area contributed by atoms with Crippen LogP contribution < -0.4 is 5.32 Å². The molecular formula is C20H25ClN2O3. The van der Waals surface area contributed by atoms with Crippen molar-refractivity contribution in [1.82, 2.24) is 10.2 Å². The summed E-state index contributed by atoms with van der Waals surface area (Å²) in [6, 6.07) is 14.2. The molecule has 3 rings (SSSR count). The van der Waals surface area contributed by atoms with Crippen LogP contribution in [-0.2, 0) is 9.59 Å². The predicted molar refractivity (Wildman–Crippen MR) is 105 cm³/mol. The summed E-state index contributed by atoms with van der Waals surface area (Å²) in [6.07, 6.45) is 1.23. The van der Waals surface area contributed by atoms with Gasteiger partial charge in [0.2, 0.25) is 5.91 Å². The summed E-state index contributed by atoms with van der Waals surface area (Å²) in [4.78, 5) is 25.4. The molecule has 5 nitrogen and oxygen atoms in total. The van der Waals surface area contributed by atoms with Crippen molar-refractivity contribution in [2.24, 2.45) is 5.92 Å². The lowest BCUT2D eigenvalue weighted by atomic mass is 9.97. The molecule has 0 aromatic heterocycles. The van der Waals surface area contributed by atoms with Gasteiger partial charge < -0.3 is 10.4 Å². The molecule has 1 aliphatic rings. The number of likely N-dealkylation sites (tertiary alicyclic amines) is 1. The third kappa shape index (κ3) is 4.74. The van der Waals surface area contributed by atoms with Gasteiger partial charge in [0.05, 0.1) is 18.5 Å². The first-order valence-electron chi connectivity index (χ1n) is 8.77. The third-order valence-electron chi connectivity index (χ3n) is 4.97. The number of fused-ring (bicyclic) bond motifs is 1. The van der Waals surface area contributed by atoms with Crippen LogP contribution in [0.3, 0.4) is 0 Å². The third-order valence-corrected chi connectivity index (χ3v) is 4.97. The molecule has 1 fully saturated rings. The smallest absolute Gasteiger partial charge is 0.306 e. The predicted octanol–water partition coefficient (Wildman–Crippen LogP) is 3.24. The Morgan fingerprint density at radius 2 is 1.81 bits per heavy atom. The van der Waals surface area contributed by atoms with Gasteiger partial charge in [-0.05, 0) is 49.2 Å². The Morgan fingerprint density at radius 3 is 2.50 bits per heavy atom. The highest BCUT2D eigenvalue weighted by molar-refractivity contribution is 5.87. The van der Waals surface area contributed by atoms with Gasteiger partial charge in [-0.3, -0.25) is 14.5 Å². The average Bonchev–Trinajstić information content (AvgIpc) is 2.61. The lowest BCUT2D eigenvalue weighted by Crippen LogP contribution is -2.43. The Hall–Kier alpha value is -2.11. The van der Waals surface area contributed by atoms with Gasteiger partial charge >= 0.3 is 5.97 Å². The van der Waals surface area contributed by atoms with E-state index in [1.165, 1.54) is 0 Å². The second-order valence-corrected chi connectivity index (χ2v) is 6.75. The first-order chi connectivity index (χ1) is 12.0. The molecule has 1 saturated heterocycles. The molecule has 2 aromatic rings. The number of aliphatic carboxylic acids is 1. The molecule has 1 atom stereocenters. The summed E-state index contributed by atoms with van der Waals surface area (Å²) >= 11 is 0. The molecule has 1 aliphatic heterocycles. The highest BCUT2D eigenvalue weighted by atomic mass is 35.5. The Balaban J connectivity index is 0.00000243. The van der Waals surface area contributed by atoms with Crippen molar-refractivity contribution in [3.63, 3.8) is 0 Å². The zero-order chi connectivity index (χ0) is 17.8. The quantitative estimate of drug-likeness (QED) is 0.840. The van der Waals surface area contributed by atoms with Gasteiger partial charge in [0.1, 0.15) is 0 Å². The zero-order valence-electron chi connectivity index (χ0n) is 14.9. The molecule has 1 unspecified atom stereocenters. The van der Waals surface area contributed by atoms with Crippen LogP contribution in [0.4, 0.5) is 0 Å². The van der Waals surface area contributed by atoms with E-state index >= 15 is 0 Å². The lowest BCUT2D eigenvalue weighted by Gasteiger charge is -2.29. The standard InChI is InChI=1S/C20H24N2O3.ClH/c1-14(17-8-4-6-15-5-2-3-7-18(15)17)21-19(23)13-22-11-9-16(10-12-22)20(24)25;/h2-8,14,16H,9-13H2,1H3,(H,21,23)(H,24,25);1H. The van der Waals surface area contributed by atoms with E-state index in [2.05, 4.69) is 23.5 Å². The maximum Gasteiger partial charge on any atom is 0.306 e. The number of carboxylic acids is 1. The molecule has 0 saturated carbocycles. The van der Waals surface area contributed by atoms with Crippen molar-refractivity contribution >= 4 is 35.1 Å². The number of piperidine rings is 1. The molecule has 2 aromatic carbocycles. The maximum absolute atomic E-state index is 12.4. The van der Waals surface area contributed by atoms with Gasteiger partial charge in [0.25, 0.3) is 0 Å². The average molecular weight is 377 g/mol. The van der Waals surface area contributed by atoms with Crippen LogP contribution in [-0.4, -0.2) is 41.5 Å². The lowest BCUT2D eigenvalue weighted by molar-refractivity contribution is -0.143. The fourth-order valence-corrected chi connectivity index (χ4v) is 3.53. The molecule has 1 heterocycles. The van der Waals surface area contributed by atoms with Crippen LogP contribution in [0, 0.1) is 5.92 Å². The summed E-state index contributed by atoms with van der Waals surface area (Å²) in [5, 5.41) is 14.4. The van der Waals surface area contributed by atoms with Crippen molar-refractivity contribution in [2.75, 3.05) is 19.6 Å². The number of rotatable bonds is 5. The molecule has 0 bridgehead atoms. The Labute approximate surface area is 159 Å². The monoisotopic (exact) mass is 376 g/mol. The molecule has 140 valence electrons. The molecule has 1 amide bonds. The second-order valence-electron chi connectivity index (χ2n) is 6.75. The van der Waals surface area contributed by atoms with Gasteiger partial charge in [-0.1, -0.05) is 42.5 Å². The van der Waals surface area contributed by atoms with Gasteiger partial charge in [-0.25, -0.2) is 0 Å². The van der Waals surface area contributed by atoms with E-state index in [4.69, 9.17) is 5.11 Å². The minimum Gasteiger partial charge on any atom is -0.481 e. The minimum atomic E-state index is -0.728. The van der Waals surface area contributed by atoms with Crippen molar-refractivity contribution in [1.29, 1.82) is 0 Å². The zero-order valence-corrected chi connectivity index (χ0v) is 15.7. The number of nitrogens with one attached hydrogen (secondary N) is 1. The number of amides is 1. The van der Waals surface area contributed by atoms with Crippen molar-refractivity contribution in [3.05, 3.63) is 48.0 Å². The van der Waals surface area contributed by atoms with Gasteiger partial charge in [0.15, 0.2) is 0 Å². The van der Waals surface area contributed by atoms with E-state index < -0.39 is 5.97 Å². The van der Waals surface area contributed by atoms with E-state index in [0.29, 0.717) is 32.5 Å². The number of benzene rings is 2. The van der Waals surface area contributed by atoms with Gasteiger partial charge in [-0.15, -0.1) is 12.4 Å². The highest BCUT2D eigenvalue weighted by Crippen LogP contribution is 2.24. The molecule has 6 heteroatoms. The van der Waals surface area contributed by atoms with E-state index in [9.17, 15) is 9.59 Å². The van der Waals surface area contributed by atoms with E-state index in [1.807, 2.05) is 36.1 Å². The summed E-state index contributed by atoms with van der Waals surface area (Å²) in [5.41, 5.74) is 1.11. The minimum absolute atomic E-state index is 0. The molecule has 0 spiro atoms. The first kappa shape index (κ1) is 20.2. The molecule has 26 heavy (non-hydrogen) atoms. The van der Waals surface area contributed by atoms with Crippen LogP contribution in [0.1, 0.15) is 31.4 Å². The molecule has 0 radical (unpaired) electrons. The molecule has 2 N–H and O–H groups in total. The number of hydrogen-bond acceptors (Lipinski definition) is 3. The van der Waals surface area contributed by atoms with E-state index in [0.717, 1.165) is 16.3 Å². The van der Waals surface area contributed by atoms with Crippen LogP contribution in [0.15, 0.2) is 42.5 Å². The number of nitrogens with zero attached hydrogens (tertiary/aromatic N) is 1. The van der Waals surface area contributed by atoms with E-state index in [-0.39, 0.29) is 30.3 Å². The van der Waals surface area contributed by atoms with Crippen LogP contribution in [0.5, 0.6) is 0 Å². The number of carbonyl (C=O) groups excluding carboxylic acids is 1. The largest absolute Gasteiger partial charge is 0.481 e. The van der Waals surface area contributed by atoms with Crippen LogP contribution in [0.25, 0.3) is 10.8 Å². The van der Waals surface area contributed by atoms with Crippen LogP contribution in [0.2, 0.25) is 0 Å². The van der Waals surface area contributed by atoms with Crippen molar-refractivity contribution in [3.8, 4) is 0 Å². The highest BCUT2D eigenvalue weighted by Gasteiger charge is 2.25. The summed E-state index contributed by atoms with van der Waals surface area (Å²) in [6.45, 7) is 3.64. The summed E-state index contributed by atoms with van der Waals surface area (Å²) < 4.78 is 0. The number of halogens is 1. The maximum atomic E-state index is 12.4. The Morgan fingerprint density at radius 1 is 1.15 bits per heavy atom. The number of hydrogen-bond donors (Lipinski definition) is 2. The van der Waals surface area contributed by atoms with Crippen molar-refractivity contribution in [2.45, 2.75) is 25.8 Å². The number of carboxylic acid groups (broad SMARTS) is 1. The Kier molecular flexibility index (Phi) is 7.00. The van der Waals surface area contributed by atoms with E-state index in [1.54, 1.807) is 0 Å².